The summed E-state index contributed by atoms with van der Waals surface area (Å²) < 4.78 is 24.6. The van der Waals surface area contributed by atoms with Gasteiger partial charge in [0, 0.05) is 17.3 Å². The Hall–Kier alpha value is -1.56. The number of hydrogen-bond acceptors (Lipinski definition) is 3. The number of carbonyl (C=O) groups excluding carboxylic acids is 1. The largest absolute Gasteiger partial charge is 0.349 e. The third kappa shape index (κ3) is 5.30. The molecule has 1 aromatic carbocycles. The molecule has 0 aliphatic rings. The molecule has 0 radical (unpaired) electrons. The van der Waals surface area contributed by atoms with Crippen molar-refractivity contribution in [2.45, 2.75) is 26.8 Å². The van der Waals surface area contributed by atoms with E-state index in [1.807, 2.05) is 20.8 Å². The van der Waals surface area contributed by atoms with Gasteiger partial charge in [-0.3, -0.25) is 9.52 Å². The second-order valence-corrected chi connectivity index (χ2v) is 6.71. The van der Waals surface area contributed by atoms with Gasteiger partial charge in [0.1, 0.15) is 0 Å². The summed E-state index contributed by atoms with van der Waals surface area (Å²) in [6.07, 6.45) is 1.07. The van der Waals surface area contributed by atoms with Gasteiger partial charge in [-0.2, -0.15) is 0 Å². The van der Waals surface area contributed by atoms with Crippen molar-refractivity contribution in [3.8, 4) is 0 Å². The number of rotatable bonds is 5. The Kier molecular flexibility index (Phi) is 4.94. The van der Waals surface area contributed by atoms with Crippen LogP contribution in [0.3, 0.4) is 0 Å². The fourth-order valence-corrected chi connectivity index (χ4v) is 1.95. The van der Waals surface area contributed by atoms with Crippen molar-refractivity contribution in [2.75, 3.05) is 11.0 Å². The van der Waals surface area contributed by atoms with E-state index in [1.165, 1.54) is 6.07 Å². The lowest BCUT2D eigenvalue weighted by Crippen LogP contribution is -2.36. The summed E-state index contributed by atoms with van der Waals surface area (Å²) in [5, 5.41) is 2.87. The minimum absolute atomic E-state index is 0.0547. The molecule has 0 bridgehead atoms. The highest BCUT2D eigenvalue weighted by Crippen LogP contribution is 2.12. The summed E-state index contributed by atoms with van der Waals surface area (Å²) in [4.78, 5) is 12.0. The summed E-state index contributed by atoms with van der Waals surface area (Å²) in [7, 11) is -3.34. The first kappa shape index (κ1) is 15.5. The zero-order chi connectivity index (χ0) is 14.6. The lowest BCUT2D eigenvalue weighted by Gasteiger charge is -2.17. The van der Waals surface area contributed by atoms with E-state index in [0.717, 1.165) is 6.26 Å². The van der Waals surface area contributed by atoms with Crippen molar-refractivity contribution in [2.24, 2.45) is 5.92 Å². The first-order chi connectivity index (χ1) is 8.69. The summed E-state index contributed by atoms with van der Waals surface area (Å²) in [6.45, 7) is 5.97. The topological polar surface area (TPSA) is 75.3 Å². The summed E-state index contributed by atoms with van der Waals surface area (Å²) >= 11 is 0. The fourth-order valence-electron chi connectivity index (χ4n) is 1.39. The van der Waals surface area contributed by atoms with Gasteiger partial charge in [0.05, 0.1) is 6.26 Å². The Morgan fingerprint density at radius 3 is 2.37 bits per heavy atom. The van der Waals surface area contributed by atoms with E-state index in [0.29, 0.717) is 17.2 Å². The molecule has 5 nitrogen and oxygen atoms in total. The van der Waals surface area contributed by atoms with Gasteiger partial charge in [0.15, 0.2) is 0 Å². The average molecular weight is 284 g/mol. The number of benzene rings is 1. The predicted octanol–water partition coefficient (Wildman–Crippen LogP) is 1.83. The molecule has 0 aliphatic carbocycles. The molecule has 0 spiro atoms. The Labute approximate surface area is 114 Å². The Bertz CT molecular complexity index is 553. The molecule has 0 aliphatic heterocycles. The third-order valence-electron chi connectivity index (χ3n) is 2.79. The normalized spacial score (nSPS) is 13.1. The van der Waals surface area contributed by atoms with Gasteiger partial charge >= 0.3 is 0 Å². The number of carbonyl (C=O) groups is 1. The maximum absolute atomic E-state index is 12.0. The van der Waals surface area contributed by atoms with Gasteiger partial charge in [-0.25, -0.2) is 8.42 Å². The molecule has 0 heterocycles. The van der Waals surface area contributed by atoms with Crippen molar-refractivity contribution >= 4 is 21.6 Å². The molecule has 1 atom stereocenters. The van der Waals surface area contributed by atoms with E-state index >= 15 is 0 Å². The van der Waals surface area contributed by atoms with Crippen LogP contribution in [0.5, 0.6) is 0 Å². The highest BCUT2D eigenvalue weighted by Gasteiger charge is 2.13. The van der Waals surface area contributed by atoms with Crippen molar-refractivity contribution in [3.05, 3.63) is 29.8 Å². The van der Waals surface area contributed by atoms with Crippen LogP contribution in [0, 0.1) is 5.92 Å². The third-order valence-corrected chi connectivity index (χ3v) is 3.39. The molecule has 1 rings (SSSR count). The van der Waals surface area contributed by atoms with E-state index in [-0.39, 0.29) is 11.9 Å². The van der Waals surface area contributed by atoms with Crippen molar-refractivity contribution in [1.82, 2.24) is 5.32 Å². The van der Waals surface area contributed by atoms with Gasteiger partial charge in [-0.15, -0.1) is 0 Å². The van der Waals surface area contributed by atoms with Crippen molar-refractivity contribution < 1.29 is 13.2 Å². The molecule has 19 heavy (non-hydrogen) atoms. The second-order valence-electron chi connectivity index (χ2n) is 4.96. The number of nitrogens with one attached hydrogen (secondary N) is 2. The lowest BCUT2D eigenvalue weighted by molar-refractivity contribution is 0.0930. The van der Waals surface area contributed by atoms with Crippen LogP contribution in [0.2, 0.25) is 0 Å². The van der Waals surface area contributed by atoms with Gasteiger partial charge in [0.2, 0.25) is 10.0 Å². The Balaban J connectivity index is 2.84. The zero-order valence-corrected chi connectivity index (χ0v) is 12.4. The summed E-state index contributed by atoms with van der Waals surface area (Å²) in [6, 6.07) is 6.46. The molecule has 1 unspecified atom stereocenters. The van der Waals surface area contributed by atoms with Gasteiger partial charge in [-0.1, -0.05) is 19.9 Å². The van der Waals surface area contributed by atoms with Crippen LogP contribution in [-0.4, -0.2) is 26.6 Å². The van der Waals surface area contributed by atoms with E-state index < -0.39 is 10.0 Å². The first-order valence-corrected chi connectivity index (χ1v) is 7.97. The van der Waals surface area contributed by atoms with Crippen LogP contribution in [0.4, 0.5) is 5.69 Å². The molecule has 0 saturated heterocycles. The SMILES string of the molecule is CC(C)C(C)NC(=O)c1cccc(NS(C)(=O)=O)c1. The highest BCUT2D eigenvalue weighted by atomic mass is 32.2. The number of anilines is 1. The smallest absolute Gasteiger partial charge is 0.251 e. The molecule has 1 aromatic rings. The Morgan fingerprint density at radius 1 is 1.21 bits per heavy atom. The molecule has 1 amide bonds. The first-order valence-electron chi connectivity index (χ1n) is 6.08. The van der Waals surface area contributed by atoms with E-state index in [9.17, 15) is 13.2 Å². The monoisotopic (exact) mass is 284 g/mol. The van der Waals surface area contributed by atoms with Crippen LogP contribution in [0.15, 0.2) is 24.3 Å². The van der Waals surface area contributed by atoms with Crippen LogP contribution in [0.25, 0.3) is 0 Å². The summed E-state index contributed by atoms with van der Waals surface area (Å²) in [5.74, 6) is 0.125. The molecule has 106 valence electrons. The van der Waals surface area contributed by atoms with Crippen LogP contribution in [0.1, 0.15) is 31.1 Å². The number of amides is 1. The summed E-state index contributed by atoms with van der Waals surface area (Å²) in [5.41, 5.74) is 0.813. The van der Waals surface area contributed by atoms with Crippen LogP contribution in [-0.2, 0) is 10.0 Å². The Morgan fingerprint density at radius 2 is 1.84 bits per heavy atom. The molecule has 6 heteroatoms. The van der Waals surface area contributed by atoms with E-state index in [1.54, 1.807) is 18.2 Å². The molecular formula is C13H20N2O3S. The van der Waals surface area contributed by atoms with Crippen LogP contribution >= 0.6 is 0 Å². The maximum atomic E-state index is 12.0. The van der Waals surface area contributed by atoms with Gasteiger partial charge < -0.3 is 5.32 Å². The standard InChI is InChI=1S/C13H20N2O3S/c1-9(2)10(3)14-13(16)11-6-5-7-12(8-11)15-19(4,17)18/h5-10,15H,1-4H3,(H,14,16). The van der Waals surface area contributed by atoms with Gasteiger partial charge in [-0.05, 0) is 31.0 Å². The maximum Gasteiger partial charge on any atom is 0.251 e. The molecule has 0 aromatic heterocycles. The van der Waals surface area contributed by atoms with Crippen molar-refractivity contribution in [1.29, 1.82) is 0 Å². The lowest BCUT2D eigenvalue weighted by atomic mass is 10.1. The predicted molar refractivity (Wildman–Crippen MR) is 76.7 cm³/mol. The zero-order valence-electron chi connectivity index (χ0n) is 11.6. The second kappa shape index (κ2) is 6.06. The van der Waals surface area contributed by atoms with Crippen LogP contribution < -0.4 is 10.0 Å². The molecule has 0 fully saturated rings. The number of sulfonamides is 1. The molecular weight excluding hydrogens is 264 g/mol. The molecule has 0 saturated carbocycles. The van der Waals surface area contributed by atoms with Gasteiger partial charge in [0.25, 0.3) is 5.91 Å². The van der Waals surface area contributed by atoms with Crippen molar-refractivity contribution in [3.63, 3.8) is 0 Å². The van der Waals surface area contributed by atoms with E-state index in [4.69, 9.17) is 0 Å². The quantitative estimate of drug-likeness (QED) is 0.866. The fraction of sp³-hybridized carbons (Fsp3) is 0.462. The minimum atomic E-state index is -3.34. The number of hydrogen-bond donors (Lipinski definition) is 2. The molecule has 2 N–H and O–H groups in total. The van der Waals surface area contributed by atoms with E-state index in [2.05, 4.69) is 10.0 Å². The average Bonchev–Trinajstić information content (AvgIpc) is 2.26. The minimum Gasteiger partial charge on any atom is -0.349 e. The highest BCUT2D eigenvalue weighted by molar-refractivity contribution is 7.92.